The molecule has 226 valence electrons. The summed E-state index contributed by atoms with van der Waals surface area (Å²) in [5.41, 5.74) is 9.58. The molecule has 3 heterocycles. The number of pyridine rings is 2. The third kappa shape index (κ3) is 7.21. The van der Waals surface area contributed by atoms with Gasteiger partial charge in [0, 0.05) is 54.0 Å². The lowest BCUT2D eigenvalue weighted by atomic mass is 9.98. The Morgan fingerprint density at radius 3 is 2.55 bits per heavy atom. The van der Waals surface area contributed by atoms with E-state index in [2.05, 4.69) is 71.0 Å². The zero-order valence-corrected chi connectivity index (χ0v) is 26.6. The van der Waals surface area contributed by atoms with Crippen molar-refractivity contribution in [1.82, 2.24) is 20.2 Å². The first-order valence-corrected chi connectivity index (χ1v) is 15.6. The molecule has 1 saturated heterocycles. The van der Waals surface area contributed by atoms with Crippen LogP contribution in [0.15, 0.2) is 109 Å². The second-order valence-electron chi connectivity index (χ2n) is 11.2. The minimum Gasteiger partial charge on any atom is -0.391 e. The Morgan fingerprint density at radius 1 is 1.05 bits per heavy atom. The van der Waals surface area contributed by atoms with Crippen LogP contribution in [-0.4, -0.2) is 34.5 Å². The van der Waals surface area contributed by atoms with E-state index < -0.39 is 0 Å². The molecule has 0 spiro atoms. The van der Waals surface area contributed by atoms with Gasteiger partial charge in [-0.3, -0.25) is 9.88 Å². The number of halogens is 1. The van der Waals surface area contributed by atoms with E-state index in [4.69, 9.17) is 16.6 Å². The largest absolute Gasteiger partial charge is 0.391 e. The van der Waals surface area contributed by atoms with Crippen LogP contribution >= 0.6 is 11.6 Å². The molecule has 2 aromatic heterocycles. The lowest BCUT2D eigenvalue weighted by Crippen LogP contribution is -2.18. The maximum Gasteiger partial charge on any atom is 0.156 e. The van der Waals surface area contributed by atoms with Crippen LogP contribution in [0.3, 0.4) is 0 Å². The quantitative estimate of drug-likeness (QED) is 0.140. The SMILES string of the molecule is C=CC(=C/NCC)/C=C(\C)C(=C)Nc1cccc(-c2cccc(Nc3nccc4cc(CN5CCCC5)cnc34)c2C)c1Cl. The normalized spacial score (nSPS) is 14.1. The number of rotatable bonds is 12. The minimum atomic E-state index is 0.629. The van der Waals surface area contributed by atoms with Gasteiger partial charge in [0.1, 0.15) is 5.52 Å². The molecule has 5 rings (SSSR count). The molecular formula is C37H41ClN6. The van der Waals surface area contributed by atoms with E-state index in [9.17, 15) is 0 Å². The zero-order valence-electron chi connectivity index (χ0n) is 25.9. The fraction of sp³-hybridized carbons (Fsp3) is 0.243. The van der Waals surface area contributed by atoms with Gasteiger partial charge in [0.2, 0.25) is 0 Å². The number of likely N-dealkylation sites (tertiary alicyclic amines) is 1. The highest BCUT2D eigenvalue weighted by Gasteiger charge is 2.16. The predicted molar refractivity (Wildman–Crippen MR) is 187 cm³/mol. The van der Waals surface area contributed by atoms with E-state index in [0.717, 1.165) is 87.8 Å². The fourth-order valence-electron chi connectivity index (χ4n) is 5.49. The Morgan fingerprint density at radius 2 is 1.80 bits per heavy atom. The minimum absolute atomic E-state index is 0.629. The highest BCUT2D eigenvalue weighted by Crippen LogP contribution is 2.39. The third-order valence-corrected chi connectivity index (χ3v) is 8.40. The number of anilines is 3. The highest BCUT2D eigenvalue weighted by molar-refractivity contribution is 6.36. The van der Waals surface area contributed by atoms with E-state index >= 15 is 0 Å². The summed E-state index contributed by atoms with van der Waals surface area (Å²) in [5.74, 6) is 0.734. The molecule has 0 unspecified atom stereocenters. The highest BCUT2D eigenvalue weighted by atomic mass is 35.5. The summed E-state index contributed by atoms with van der Waals surface area (Å²) in [6.45, 7) is 18.4. The first kappa shape index (κ1) is 31.0. The first-order valence-electron chi connectivity index (χ1n) is 15.2. The van der Waals surface area contributed by atoms with E-state index in [1.807, 2.05) is 68.0 Å². The number of fused-ring (bicyclic) bond motifs is 1. The first-order chi connectivity index (χ1) is 21.4. The Kier molecular flexibility index (Phi) is 10.2. The second kappa shape index (κ2) is 14.4. The van der Waals surface area contributed by atoms with Crippen LogP contribution in [-0.2, 0) is 6.54 Å². The summed E-state index contributed by atoms with van der Waals surface area (Å²) in [7, 11) is 0. The zero-order chi connectivity index (χ0) is 31.1. The van der Waals surface area contributed by atoms with Crippen LogP contribution in [0.25, 0.3) is 22.0 Å². The third-order valence-electron chi connectivity index (χ3n) is 7.99. The number of hydrogen-bond donors (Lipinski definition) is 3. The second-order valence-corrected chi connectivity index (χ2v) is 11.5. The Hall–Kier alpha value is -4.39. The monoisotopic (exact) mass is 604 g/mol. The molecule has 1 aliphatic heterocycles. The van der Waals surface area contributed by atoms with Crippen molar-refractivity contribution < 1.29 is 0 Å². The molecule has 1 aliphatic rings. The van der Waals surface area contributed by atoms with Crippen LogP contribution in [0.5, 0.6) is 0 Å². The van der Waals surface area contributed by atoms with Crippen molar-refractivity contribution in [3.8, 4) is 11.1 Å². The lowest BCUT2D eigenvalue weighted by molar-refractivity contribution is 0.331. The van der Waals surface area contributed by atoms with Gasteiger partial charge < -0.3 is 16.0 Å². The molecule has 44 heavy (non-hydrogen) atoms. The van der Waals surface area contributed by atoms with Crippen LogP contribution < -0.4 is 16.0 Å². The summed E-state index contributed by atoms with van der Waals surface area (Å²) in [5, 5.41) is 11.9. The molecule has 0 aliphatic carbocycles. The van der Waals surface area contributed by atoms with Crippen molar-refractivity contribution in [3.63, 3.8) is 0 Å². The fourth-order valence-corrected chi connectivity index (χ4v) is 5.76. The van der Waals surface area contributed by atoms with Crippen LogP contribution in [0.1, 0.15) is 37.8 Å². The molecule has 6 nitrogen and oxygen atoms in total. The number of allylic oxidation sites excluding steroid dienone is 4. The van der Waals surface area contributed by atoms with Crippen molar-refractivity contribution in [3.05, 3.63) is 125 Å². The number of hydrogen-bond acceptors (Lipinski definition) is 6. The molecule has 0 amide bonds. The van der Waals surface area contributed by atoms with Crippen molar-refractivity contribution in [1.29, 1.82) is 0 Å². The summed E-state index contributed by atoms with van der Waals surface area (Å²) in [4.78, 5) is 12.0. The summed E-state index contributed by atoms with van der Waals surface area (Å²) < 4.78 is 0. The average molecular weight is 605 g/mol. The Labute approximate surface area is 266 Å². The van der Waals surface area contributed by atoms with Crippen LogP contribution in [0, 0.1) is 6.92 Å². The van der Waals surface area contributed by atoms with Gasteiger partial charge in [0.15, 0.2) is 5.82 Å². The number of nitrogens with zero attached hydrogens (tertiary/aromatic N) is 3. The van der Waals surface area contributed by atoms with Crippen molar-refractivity contribution in [2.24, 2.45) is 0 Å². The maximum absolute atomic E-state index is 7.03. The molecule has 3 N–H and O–H groups in total. The van der Waals surface area contributed by atoms with E-state index in [0.29, 0.717) is 5.02 Å². The molecule has 2 aromatic carbocycles. The molecule has 0 radical (unpaired) electrons. The molecule has 4 aromatic rings. The molecule has 0 bridgehead atoms. The molecule has 1 fully saturated rings. The van der Waals surface area contributed by atoms with E-state index in [1.165, 1.54) is 18.4 Å². The Bertz CT molecular complexity index is 1730. The van der Waals surface area contributed by atoms with Gasteiger partial charge >= 0.3 is 0 Å². The predicted octanol–water partition coefficient (Wildman–Crippen LogP) is 9.15. The van der Waals surface area contributed by atoms with Gasteiger partial charge in [0.05, 0.1) is 10.7 Å². The van der Waals surface area contributed by atoms with Crippen LogP contribution in [0.2, 0.25) is 5.02 Å². The Balaban J connectivity index is 1.38. The van der Waals surface area contributed by atoms with Gasteiger partial charge in [-0.1, -0.05) is 55.1 Å². The molecule has 7 heteroatoms. The van der Waals surface area contributed by atoms with E-state index in [1.54, 1.807) is 0 Å². The number of aromatic nitrogens is 2. The standard InChI is InChI=1S/C37H41ClN6/c1-6-28(22-39-7-2)20-25(3)27(5)42-34-15-11-13-32(35(34)38)31-12-10-14-33(26(31)4)43-37-36-30(16-17-40-37)21-29(23-41-36)24-44-18-8-9-19-44/h6,10-17,20-23,39,42H,1,5,7-9,18-19,24H2,2-4H3,(H,40,43)/b25-20+,28-22-. The van der Waals surface area contributed by atoms with E-state index in [-0.39, 0.29) is 0 Å². The topological polar surface area (TPSA) is 65.1 Å². The van der Waals surface area contributed by atoms with Gasteiger partial charge in [-0.05, 0) is 105 Å². The number of nitrogens with one attached hydrogen (secondary N) is 3. The smallest absolute Gasteiger partial charge is 0.156 e. The average Bonchev–Trinajstić information content (AvgIpc) is 3.54. The molecular weight excluding hydrogens is 564 g/mol. The van der Waals surface area contributed by atoms with Gasteiger partial charge in [0.25, 0.3) is 0 Å². The van der Waals surface area contributed by atoms with Gasteiger partial charge in [-0.25, -0.2) is 4.98 Å². The van der Waals surface area contributed by atoms with Crippen molar-refractivity contribution >= 4 is 39.7 Å². The molecule has 0 atom stereocenters. The molecule has 0 saturated carbocycles. The van der Waals surface area contributed by atoms with Crippen molar-refractivity contribution in [2.45, 2.75) is 40.2 Å². The van der Waals surface area contributed by atoms with Gasteiger partial charge in [-0.15, -0.1) is 0 Å². The number of benzene rings is 2. The summed E-state index contributed by atoms with van der Waals surface area (Å²) in [6.07, 6.45) is 12.2. The van der Waals surface area contributed by atoms with Crippen molar-refractivity contribution in [2.75, 3.05) is 30.3 Å². The maximum atomic E-state index is 7.03. The van der Waals surface area contributed by atoms with Crippen LogP contribution in [0.4, 0.5) is 17.2 Å². The summed E-state index contributed by atoms with van der Waals surface area (Å²) in [6, 6.07) is 16.5. The lowest BCUT2D eigenvalue weighted by Gasteiger charge is -2.18. The van der Waals surface area contributed by atoms with Gasteiger partial charge in [-0.2, -0.15) is 0 Å². The summed E-state index contributed by atoms with van der Waals surface area (Å²) >= 11 is 7.03.